The van der Waals surface area contributed by atoms with E-state index in [-0.39, 0.29) is 17.7 Å². The van der Waals surface area contributed by atoms with Gasteiger partial charge in [0.2, 0.25) is 11.8 Å². The zero-order valence-corrected chi connectivity index (χ0v) is 14.9. The molecular weight excluding hydrogens is 316 g/mol. The third kappa shape index (κ3) is 4.19. The number of piperazine rings is 1. The van der Waals surface area contributed by atoms with Gasteiger partial charge in [0, 0.05) is 39.3 Å². The number of benzene rings is 1. The number of hydrogen-bond donors (Lipinski definition) is 1. The van der Waals surface area contributed by atoms with Crippen molar-refractivity contribution in [3.05, 3.63) is 35.9 Å². The minimum absolute atomic E-state index is 0.0814. The van der Waals surface area contributed by atoms with Gasteiger partial charge in [0.1, 0.15) is 6.04 Å². The molecule has 2 heterocycles. The number of nitrogens with zero attached hydrogens (tertiary/aromatic N) is 3. The van der Waals surface area contributed by atoms with Gasteiger partial charge in [0.25, 0.3) is 0 Å². The molecule has 136 valence electrons. The molecule has 0 radical (unpaired) electrons. The minimum Gasteiger partial charge on any atom is -0.340 e. The van der Waals surface area contributed by atoms with E-state index in [0.717, 1.165) is 44.6 Å². The van der Waals surface area contributed by atoms with Crippen LogP contribution in [0.25, 0.3) is 0 Å². The first-order valence-corrected chi connectivity index (χ1v) is 9.13. The first-order valence-electron chi connectivity index (χ1n) is 9.13. The molecule has 0 aliphatic carbocycles. The van der Waals surface area contributed by atoms with Crippen molar-refractivity contribution in [3.8, 4) is 0 Å². The Morgan fingerprint density at radius 2 is 1.72 bits per heavy atom. The first kappa shape index (κ1) is 17.9. The summed E-state index contributed by atoms with van der Waals surface area (Å²) >= 11 is 0. The summed E-state index contributed by atoms with van der Waals surface area (Å²) in [4.78, 5) is 31.5. The molecule has 2 aliphatic rings. The van der Waals surface area contributed by atoms with E-state index in [1.807, 2.05) is 35.2 Å². The SMILES string of the molecule is CN1CCN(C(=O)C2CCCN(C(=O)C(N)c3ccccc3)C2)CC1. The van der Waals surface area contributed by atoms with Crippen molar-refractivity contribution in [1.82, 2.24) is 14.7 Å². The first-order chi connectivity index (χ1) is 12.1. The van der Waals surface area contributed by atoms with Crippen molar-refractivity contribution < 1.29 is 9.59 Å². The van der Waals surface area contributed by atoms with E-state index in [1.54, 1.807) is 4.90 Å². The molecule has 0 spiro atoms. The number of likely N-dealkylation sites (tertiary alicyclic amines) is 1. The standard InChI is InChI=1S/C19H28N4O2/c1-21-10-12-22(13-11-21)18(24)16-8-5-9-23(14-16)19(25)17(20)15-6-3-2-4-7-15/h2-4,6-7,16-17H,5,8-14,20H2,1H3. The summed E-state index contributed by atoms with van der Waals surface area (Å²) in [6, 6.07) is 8.78. The molecule has 1 aromatic carbocycles. The van der Waals surface area contributed by atoms with Crippen molar-refractivity contribution in [2.75, 3.05) is 46.3 Å². The molecule has 2 aliphatic heterocycles. The quantitative estimate of drug-likeness (QED) is 0.876. The number of piperidine rings is 1. The van der Waals surface area contributed by atoms with Gasteiger partial charge in [-0.2, -0.15) is 0 Å². The second kappa shape index (κ2) is 7.97. The normalized spacial score (nSPS) is 23.4. The highest BCUT2D eigenvalue weighted by Crippen LogP contribution is 2.22. The highest BCUT2D eigenvalue weighted by molar-refractivity contribution is 5.85. The summed E-state index contributed by atoms with van der Waals surface area (Å²) in [5.41, 5.74) is 6.98. The van der Waals surface area contributed by atoms with Crippen molar-refractivity contribution in [3.63, 3.8) is 0 Å². The van der Waals surface area contributed by atoms with Crippen LogP contribution in [0.5, 0.6) is 0 Å². The van der Waals surface area contributed by atoms with E-state index in [2.05, 4.69) is 11.9 Å². The third-order valence-electron chi connectivity index (χ3n) is 5.32. The molecule has 0 bridgehead atoms. The average Bonchev–Trinajstić information content (AvgIpc) is 2.67. The summed E-state index contributed by atoms with van der Waals surface area (Å²) in [5, 5.41) is 0. The van der Waals surface area contributed by atoms with Crippen molar-refractivity contribution >= 4 is 11.8 Å². The third-order valence-corrected chi connectivity index (χ3v) is 5.32. The summed E-state index contributed by atoms with van der Waals surface area (Å²) in [6.45, 7) is 4.57. The number of likely N-dealkylation sites (N-methyl/N-ethyl adjacent to an activating group) is 1. The smallest absolute Gasteiger partial charge is 0.244 e. The van der Waals surface area contributed by atoms with E-state index < -0.39 is 6.04 Å². The monoisotopic (exact) mass is 344 g/mol. The summed E-state index contributed by atoms with van der Waals surface area (Å²) in [5.74, 6) is 0.0186. The Morgan fingerprint density at radius 3 is 2.40 bits per heavy atom. The lowest BCUT2D eigenvalue weighted by Gasteiger charge is -2.38. The van der Waals surface area contributed by atoms with Gasteiger partial charge in [-0.25, -0.2) is 0 Å². The number of nitrogens with two attached hydrogens (primary N) is 1. The second-order valence-electron chi connectivity index (χ2n) is 7.14. The molecule has 6 heteroatoms. The molecular formula is C19H28N4O2. The molecule has 0 saturated carbocycles. The summed E-state index contributed by atoms with van der Waals surface area (Å²) < 4.78 is 0. The molecule has 2 fully saturated rings. The number of hydrogen-bond acceptors (Lipinski definition) is 4. The van der Waals surface area contributed by atoms with Crippen LogP contribution in [0.1, 0.15) is 24.4 Å². The molecule has 1 aromatic rings. The zero-order valence-electron chi connectivity index (χ0n) is 14.9. The molecule has 2 atom stereocenters. The Hall–Kier alpha value is -1.92. The maximum absolute atomic E-state index is 12.8. The van der Waals surface area contributed by atoms with Gasteiger partial charge >= 0.3 is 0 Å². The summed E-state index contributed by atoms with van der Waals surface area (Å²) in [7, 11) is 2.08. The maximum Gasteiger partial charge on any atom is 0.244 e. The highest BCUT2D eigenvalue weighted by Gasteiger charge is 2.33. The fourth-order valence-electron chi connectivity index (χ4n) is 3.66. The molecule has 3 rings (SSSR count). The Balaban J connectivity index is 1.60. The molecule has 2 N–H and O–H groups in total. The van der Waals surface area contributed by atoms with Crippen molar-refractivity contribution in [1.29, 1.82) is 0 Å². The zero-order chi connectivity index (χ0) is 17.8. The summed E-state index contributed by atoms with van der Waals surface area (Å²) in [6.07, 6.45) is 1.72. The van der Waals surface area contributed by atoms with Gasteiger partial charge < -0.3 is 20.4 Å². The molecule has 6 nitrogen and oxygen atoms in total. The van der Waals surface area contributed by atoms with Crippen LogP contribution < -0.4 is 5.73 Å². The average molecular weight is 344 g/mol. The van der Waals surface area contributed by atoms with Gasteiger partial charge in [0.15, 0.2) is 0 Å². The minimum atomic E-state index is -0.654. The number of rotatable bonds is 3. The largest absolute Gasteiger partial charge is 0.340 e. The van der Waals surface area contributed by atoms with Gasteiger partial charge in [-0.15, -0.1) is 0 Å². The molecule has 25 heavy (non-hydrogen) atoms. The van der Waals surface area contributed by atoms with Crippen LogP contribution in [-0.4, -0.2) is 72.8 Å². The van der Waals surface area contributed by atoms with Crippen LogP contribution in [0.3, 0.4) is 0 Å². The maximum atomic E-state index is 12.8. The Labute approximate surface area is 149 Å². The molecule has 0 aromatic heterocycles. The van der Waals surface area contributed by atoms with Crippen LogP contribution in [0.15, 0.2) is 30.3 Å². The van der Waals surface area contributed by atoms with Gasteiger partial charge in [0.05, 0.1) is 5.92 Å². The van der Waals surface area contributed by atoms with E-state index in [1.165, 1.54) is 0 Å². The Bertz CT molecular complexity index is 599. The predicted molar refractivity (Wildman–Crippen MR) is 96.8 cm³/mol. The van der Waals surface area contributed by atoms with Crippen LogP contribution in [-0.2, 0) is 9.59 Å². The van der Waals surface area contributed by atoms with Crippen LogP contribution >= 0.6 is 0 Å². The van der Waals surface area contributed by atoms with E-state index in [0.29, 0.717) is 13.1 Å². The highest BCUT2D eigenvalue weighted by atomic mass is 16.2. The lowest BCUT2D eigenvalue weighted by molar-refractivity contribution is -0.142. The molecule has 2 unspecified atom stereocenters. The van der Waals surface area contributed by atoms with E-state index >= 15 is 0 Å². The van der Waals surface area contributed by atoms with Gasteiger partial charge in [-0.05, 0) is 25.5 Å². The van der Waals surface area contributed by atoms with Crippen LogP contribution in [0.4, 0.5) is 0 Å². The van der Waals surface area contributed by atoms with Crippen LogP contribution in [0, 0.1) is 5.92 Å². The fourth-order valence-corrected chi connectivity index (χ4v) is 3.66. The van der Waals surface area contributed by atoms with Crippen LogP contribution in [0.2, 0.25) is 0 Å². The van der Waals surface area contributed by atoms with Crippen molar-refractivity contribution in [2.24, 2.45) is 11.7 Å². The number of carbonyl (C=O) groups excluding carboxylic acids is 2. The Morgan fingerprint density at radius 1 is 1.04 bits per heavy atom. The lowest BCUT2D eigenvalue weighted by atomic mass is 9.95. The molecule has 2 amide bonds. The lowest BCUT2D eigenvalue weighted by Crippen LogP contribution is -2.53. The fraction of sp³-hybridized carbons (Fsp3) is 0.579. The predicted octanol–water partition coefficient (Wildman–Crippen LogP) is 0.699. The van der Waals surface area contributed by atoms with E-state index in [4.69, 9.17) is 5.73 Å². The van der Waals surface area contributed by atoms with Crippen molar-refractivity contribution in [2.45, 2.75) is 18.9 Å². The second-order valence-corrected chi connectivity index (χ2v) is 7.14. The van der Waals surface area contributed by atoms with E-state index in [9.17, 15) is 9.59 Å². The number of amides is 2. The topological polar surface area (TPSA) is 69.9 Å². The van der Waals surface area contributed by atoms with Gasteiger partial charge in [-0.3, -0.25) is 9.59 Å². The number of carbonyl (C=O) groups is 2. The Kier molecular flexibility index (Phi) is 5.71. The molecule has 2 saturated heterocycles. The van der Waals surface area contributed by atoms with Gasteiger partial charge in [-0.1, -0.05) is 30.3 Å².